The summed E-state index contributed by atoms with van der Waals surface area (Å²) in [6, 6.07) is 0.279. The van der Waals surface area contributed by atoms with Gasteiger partial charge in [0.1, 0.15) is 11.6 Å². The minimum absolute atomic E-state index is 0.0762. The van der Waals surface area contributed by atoms with E-state index >= 15 is 0 Å². The Hall–Kier alpha value is -2.28. The molecule has 150 valence electrons. The molecular weight excluding hydrogens is 352 g/mol. The average molecular weight is 383 g/mol. The lowest BCUT2D eigenvalue weighted by Gasteiger charge is -2.31. The number of imidazole rings is 1. The Bertz CT molecular complexity index is 826. The highest BCUT2D eigenvalue weighted by Crippen LogP contribution is 2.24. The number of fused-ring (bicyclic) bond motifs is 1. The van der Waals surface area contributed by atoms with Crippen molar-refractivity contribution in [1.82, 2.24) is 29.7 Å². The second-order valence-electron chi connectivity index (χ2n) is 7.96. The molecule has 2 aliphatic rings. The normalized spacial score (nSPS) is 20.6. The van der Waals surface area contributed by atoms with Gasteiger partial charge >= 0.3 is 0 Å². The zero-order valence-corrected chi connectivity index (χ0v) is 16.9. The number of piperidine rings is 1. The van der Waals surface area contributed by atoms with Gasteiger partial charge in [0.15, 0.2) is 0 Å². The molecule has 7 nitrogen and oxygen atoms in total. The van der Waals surface area contributed by atoms with E-state index in [1.807, 2.05) is 30.4 Å². The monoisotopic (exact) mass is 382 g/mol. The van der Waals surface area contributed by atoms with Crippen molar-refractivity contribution in [3.05, 3.63) is 41.5 Å². The molecule has 2 aromatic heterocycles. The largest absolute Gasteiger partial charge is 0.338 e. The molecule has 4 rings (SSSR count). The summed E-state index contributed by atoms with van der Waals surface area (Å²) >= 11 is 0. The van der Waals surface area contributed by atoms with Gasteiger partial charge in [-0.1, -0.05) is 20.3 Å². The van der Waals surface area contributed by atoms with Crippen molar-refractivity contribution >= 4 is 5.91 Å². The average Bonchev–Trinajstić information content (AvgIpc) is 3.20. The Balaban J connectivity index is 1.41. The molecular formula is C21H30N6O. The van der Waals surface area contributed by atoms with Crippen LogP contribution < -0.4 is 5.32 Å². The van der Waals surface area contributed by atoms with Crippen LogP contribution in [0.15, 0.2) is 18.6 Å². The molecule has 1 fully saturated rings. The van der Waals surface area contributed by atoms with Gasteiger partial charge in [0.05, 0.1) is 17.7 Å². The van der Waals surface area contributed by atoms with Crippen LogP contribution in [-0.4, -0.2) is 43.4 Å². The lowest BCUT2D eigenvalue weighted by Crippen LogP contribution is -2.40. The third-order valence-corrected chi connectivity index (χ3v) is 5.90. The predicted octanol–water partition coefficient (Wildman–Crippen LogP) is 2.27. The molecule has 0 unspecified atom stereocenters. The quantitative estimate of drug-likeness (QED) is 0.859. The first-order chi connectivity index (χ1) is 13.7. The van der Waals surface area contributed by atoms with Crippen molar-refractivity contribution in [1.29, 1.82) is 0 Å². The van der Waals surface area contributed by atoms with Crippen LogP contribution in [0, 0.1) is 5.92 Å². The van der Waals surface area contributed by atoms with Crippen molar-refractivity contribution in [2.75, 3.05) is 13.1 Å². The van der Waals surface area contributed by atoms with E-state index in [1.165, 1.54) is 12.8 Å². The first-order valence-electron chi connectivity index (χ1n) is 10.5. The van der Waals surface area contributed by atoms with Crippen LogP contribution in [0.5, 0.6) is 0 Å². The molecule has 0 radical (unpaired) electrons. The van der Waals surface area contributed by atoms with Crippen LogP contribution >= 0.6 is 0 Å². The van der Waals surface area contributed by atoms with Gasteiger partial charge in [0, 0.05) is 56.6 Å². The molecule has 2 aliphatic heterocycles. The molecule has 0 aromatic carbocycles. The van der Waals surface area contributed by atoms with Crippen LogP contribution in [0.4, 0.5) is 0 Å². The molecule has 28 heavy (non-hydrogen) atoms. The summed E-state index contributed by atoms with van der Waals surface area (Å²) in [5, 5.41) is 3.52. The molecule has 0 bridgehead atoms. The van der Waals surface area contributed by atoms with Crippen LogP contribution in [0.3, 0.4) is 0 Å². The zero-order valence-electron chi connectivity index (χ0n) is 16.9. The van der Waals surface area contributed by atoms with Crippen LogP contribution in [0.2, 0.25) is 0 Å². The number of nitrogens with one attached hydrogen (secondary N) is 1. The summed E-state index contributed by atoms with van der Waals surface area (Å²) in [6.45, 7) is 7.16. The molecule has 7 heteroatoms. The van der Waals surface area contributed by atoms with Crippen molar-refractivity contribution in [2.24, 2.45) is 5.92 Å². The number of hydrogen-bond donors (Lipinski definition) is 1. The molecule has 2 aromatic rings. The van der Waals surface area contributed by atoms with Gasteiger partial charge in [-0.05, 0) is 19.4 Å². The van der Waals surface area contributed by atoms with E-state index in [1.54, 1.807) is 0 Å². The Kier molecular flexibility index (Phi) is 5.71. The molecule has 0 spiro atoms. The Labute approximate surface area is 166 Å². The maximum Gasteiger partial charge on any atom is 0.227 e. The van der Waals surface area contributed by atoms with Crippen LogP contribution in [0.25, 0.3) is 0 Å². The van der Waals surface area contributed by atoms with E-state index in [9.17, 15) is 4.79 Å². The highest BCUT2D eigenvalue weighted by molar-refractivity contribution is 5.78. The van der Waals surface area contributed by atoms with Gasteiger partial charge in [-0.3, -0.25) is 4.79 Å². The number of aromatic nitrogens is 4. The second-order valence-corrected chi connectivity index (χ2v) is 7.96. The third-order valence-electron chi connectivity index (χ3n) is 5.90. The fourth-order valence-electron chi connectivity index (χ4n) is 4.27. The van der Waals surface area contributed by atoms with Gasteiger partial charge < -0.3 is 14.8 Å². The summed E-state index contributed by atoms with van der Waals surface area (Å²) in [5.41, 5.74) is 2.19. The van der Waals surface area contributed by atoms with E-state index in [4.69, 9.17) is 4.98 Å². The fraction of sp³-hybridized carbons (Fsp3) is 0.619. The summed E-state index contributed by atoms with van der Waals surface area (Å²) < 4.78 is 2.09. The van der Waals surface area contributed by atoms with Gasteiger partial charge in [0.25, 0.3) is 0 Å². The van der Waals surface area contributed by atoms with Crippen LogP contribution in [-0.2, 0) is 30.7 Å². The van der Waals surface area contributed by atoms with Gasteiger partial charge in [0.2, 0.25) is 5.91 Å². The number of hydrogen-bond acceptors (Lipinski definition) is 5. The Morgan fingerprint density at radius 1 is 1.36 bits per heavy atom. The first kappa shape index (κ1) is 19.1. The van der Waals surface area contributed by atoms with E-state index in [2.05, 4.69) is 26.8 Å². The maximum atomic E-state index is 13.0. The molecule has 1 amide bonds. The number of rotatable bonds is 5. The predicted molar refractivity (Wildman–Crippen MR) is 107 cm³/mol. The van der Waals surface area contributed by atoms with E-state index in [-0.39, 0.29) is 17.9 Å². The molecule has 1 N–H and O–H groups in total. The second kappa shape index (κ2) is 8.39. The van der Waals surface area contributed by atoms with E-state index in [0.29, 0.717) is 13.1 Å². The zero-order chi connectivity index (χ0) is 19.5. The minimum Gasteiger partial charge on any atom is -0.338 e. The molecule has 1 saturated heterocycles. The van der Waals surface area contributed by atoms with Crippen molar-refractivity contribution < 1.29 is 4.79 Å². The Morgan fingerprint density at radius 2 is 2.25 bits per heavy atom. The number of carbonyl (C=O) groups is 1. The highest BCUT2D eigenvalue weighted by Gasteiger charge is 2.27. The van der Waals surface area contributed by atoms with E-state index < -0.39 is 0 Å². The van der Waals surface area contributed by atoms with Crippen molar-refractivity contribution in [3.63, 3.8) is 0 Å². The standard InChI is InChI=1S/C21H30N6O/c1-3-19-23-9-11-26(19)13-15(2)21(28)27-10-7-17-16(14-27)12-24-20(25-17)18-6-4-5-8-22-18/h9,11-12,15,18,22H,3-8,10,13-14H2,1-2H3/t15-,18+/m1/s1. The Morgan fingerprint density at radius 3 is 3.04 bits per heavy atom. The maximum absolute atomic E-state index is 13.0. The summed E-state index contributed by atoms with van der Waals surface area (Å²) in [6.07, 6.45) is 11.0. The van der Waals surface area contributed by atoms with E-state index in [0.717, 1.165) is 55.3 Å². The fourth-order valence-corrected chi connectivity index (χ4v) is 4.27. The van der Waals surface area contributed by atoms with Gasteiger partial charge in [-0.15, -0.1) is 0 Å². The van der Waals surface area contributed by atoms with Gasteiger partial charge in [-0.25, -0.2) is 15.0 Å². The van der Waals surface area contributed by atoms with Crippen LogP contribution in [0.1, 0.15) is 62.1 Å². The molecule has 2 atom stereocenters. The number of amides is 1. The van der Waals surface area contributed by atoms with Crippen molar-refractivity contribution in [2.45, 2.75) is 65.1 Å². The lowest BCUT2D eigenvalue weighted by atomic mass is 10.0. The van der Waals surface area contributed by atoms with Gasteiger partial charge in [-0.2, -0.15) is 0 Å². The van der Waals surface area contributed by atoms with Crippen molar-refractivity contribution in [3.8, 4) is 0 Å². The molecule has 4 heterocycles. The molecule has 0 aliphatic carbocycles. The summed E-state index contributed by atoms with van der Waals surface area (Å²) in [7, 11) is 0. The summed E-state index contributed by atoms with van der Waals surface area (Å²) in [5.74, 6) is 2.06. The smallest absolute Gasteiger partial charge is 0.227 e. The third kappa shape index (κ3) is 3.94. The highest BCUT2D eigenvalue weighted by atomic mass is 16.2. The lowest BCUT2D eigenvalue weighted by molar-refractivity contribution is -0.136. The SMILES string of the molecule is CCc1nccn1C[C@@H](C)C(=O)N1CCc2nc([C@@H]3CCCCN3)ncc2C1. The summed E-state index contributed by atoms with van der Waals surface area (Å²) in [4.78, 5) is 28.7. The topological polar surface area (TPSA) is 75.9 Å². The number of aryl methyl sites for hydroxylation is 1. The number of carbonyl (C=O) groups excluding carboxylic acids is 1. The first-order valence-corrected chi connectivity index (χ1v) is 10.5. The minimum atomic E-state index is -0.0762. The number of nitrogens with zero attached hydrogens (tertiary/aromatic N) is 5. The molecule has 0 saturated carbocycles.